The predicted octanol–water partition coefficient (Wildman–Crippen LogP) is 2.87. The highest BCUT2D eigenvalue weighted by Gasteiger charge is 2.08. The van der Waals surface area contributed by atoms with E-state index in [9.17, 15) is 13.6 Å². The zero-order valence-corrected chi connectivity index (χ0v) is 13.9. The summed E-state index contributed by atoms with van der Waals surface area (Å²) < 4.78 is 25.9. The Morgan fingerprint density at radius 1 is 0.962 bits per heavy atom. The van der Waals surface area contributed by atoms with Crippen molar-refractivity contribution in [2.45, 2.75) is 6.54 Å². The first kappa shape index (κ1) is 17.8. The number of rotatable bonds is 7. The van der Waals surface area contributed by atoms with Crippen LogP contribution in [-0.2, 0) is 6.54 Å². The van der Waals surface area contributed by atoms with Crippen LogP contribution in [-0.4, -0.2) is 29.2 Å². The van der Waals surface area contributed by atoms with E-state index in [0.29, 0.717) is 25.2 Å². The molecule has 3 rings (SSSR count). The highest BCUT2D eigenvalue weighted by molar-refractivity contribution is 5.94. The number of carbonyl (C=O) groups is 1. The van der Waals surface area contributed by atoms with Crippen molar-refractivity contribution in [1.29, 1.82) is 0 Å². The second kappa shape index (κ2) is 8.35. The van der Waals surface area contributed by atoms with E-state index in [-0.39, 0.29) is 17.5 Å². The number of hydrogen-bond acceptors (Lipinski definition) is 3. The normalized spacial score (nSPS) is 10.7. The van der Waals surface area contributed by atoms with Gasteiger partial charge in [0.1, 0.15) is 11.6 Å². The minimum Gasteiger partial charge on any atom is -0.351 e. The highest BCUT2D eigenvalue weighted by Crippen LogP contribution is 2.21. The third kappa shape index (κ3) is 4.52. The van der Waals surface area contributed by atoms with Gasteiger partial charge in [0.25, 0.3) is 5.91 Å². The Morgan fingerprint density at radius 3 is 2.31 bits per heavy atom. The smallest absolute Gasteiger partial charge is 0.251 e. The van der Waals surface area contributed by atoms with Crippen molar-refractivity contribution in [2.75, 3.05) is 13.1 Å². The number of nitrogens with zero attached hydrogens (tertiary/aromatic N) is 1. The average Bonchev–Trinajstić information content (AvgIpc) is 3.11. The van der Waals surface area contributed by atoms with E-state index < -0.39 is 0 Å². The molecule has 0 aliphatic rings. The molecule has 1 heterocycles. The monoisotopic (exact) mass is 356 g/mol. The summed E-state index contributed by atoms with van der Waals surface area (Å²) in [5.41, 5.74) is 3.04. The summed E-state index contributed by atoms with van der Waals surface area (Å²) in [6, 6.07) is 11.6. The van der Waals surface area contributed by atoms with Crippen LogP contribution in [0.4, 0.5) is 8.78 Å². The molecule has 0 saturated heterocycles. The Morgan fingerprint density at radius 2 is 1.62 bits per heavy atom. The Balaban J connectivity index is 1.46. The molecule has 26 heavy (non-hydrogen) atoms. The van der Waals surface area contributed by atoms with Gasteiger partial charge >= 0.3 is 0 Å². The molecule has 0 saturated carbocycles. The van der Waals surface area contributed by atoms with Gasteiger partial charge in [-0.3, -0.25) is 9.89 Å². The third-order valence-corrected chi connectivity index (χ3v) is 3.86. The second-order valence-corrected chi connectivity index (χ2v) is 5.72. The molecule has 3 N–H and O–H groups in total. The standard InChI is InChI=1S/C19H18F2N4O/c20-16-5-1-13(2-6-16)18-15(12-24-25-18)11-22-9-10-23-19(26)14-3-7-17(21)8-4-14/h1-8,12,22H,9-11H2,(H,23,26)(H,24,25). The molecule has 0 aliphatic heterocycles. The van der Waals surface area contributed by atoms with Gasteiger partial charge in [0.05, 0.1) is 11.9 Å². The lowest BCUT2D eigenvalue weighted by molar-refractivity contribution is 0.0954. The molecular formula is C19H18F2N4O. The van der Waals surface area contributed by atoms with E-state index >= 15 is 0 Å². The summed E-state index contributed by atoms with van der Waals surface area (Å²) in [5.74, 6) is -0.910. The van der Waals surface area contributed by atoms with Crippen LogP contribution in [0, 0.1) is 11.6 Å². The molecule has 3 aromatic rings. The number of H-pyrrole nitrogens is 1. The second-order valence-electron chi connectivity index (χ2n) is 5.72. The quantitative estimate of drug-likeness (QED) is 0.570. The Hall–Kier alpha value is -3.06. The van der Waals surface area contributed by atoms with Gasteiger partial charge < -0.3 is 10.6 Å². The summed E-state index contributed by atoms with van der Waals surface area (Å²) in [4.78, 5) is 11.9. The van der Waals surface area contributed by atoms with Crippen molar-refractivity contribution < 1.29 is 13.6 Å². The fourth-order valence-corrected chi connectivity index (χ4v) is 2.50. The predicted molar refractivity (Wildman–Crippen MR) is 94.4 cm³/mol. The van der Waals surface area contributed by atoms with Gasteiger partial charge in [0, 0.05) is 36.3 Å². The molecule has 0 atom stereocenters. The van der Waals surface area contributed by atoms with Crippen LogP contribution in [0.1, 0.15) is 15.9 Å². The Bertz CT molecular complexity index is 860. The number of amides is 1. The van der Waals surface area contributed by atoms with E-state index in [1.807, 2.05) is 0 Å². The summed E-state index contributed by atoms with van der Waals surface area (Å²) in [6.45, 7) is 1.54. The van der Waals surface area contributed by atoms with Crippen molar-refractivity contribution in [3.8, 4) is 11.3 Å². The number of aromatic nitrogens is 2. The molecular weight excluding hydrogens is 338 g/mol. The zero-order valence-electron chi connectivity index (χ0n) is 13.9. The van der Waals surface area contributed by atoms with Crippen molar-refractivity contribution in [3.63, 3.8) is 0 Å². The van der Waals surface area contributed by atoms with Crippen LogP contribution in [0.25, 0.3) is 11.3 Å². The van der Waals surface area contributed by atoms with E-state index in [4.69, 9.17) is 0 Å². The summed E-state index contributed by atoms with van der Waals surface area (Å²) in [7, 11) is 0. The van der Waals surface area contributed by atoms with Crippen LogP contribution in [0.5, 0.6) is 0 Å². The van der Waals surface area contributed by atoms with Crippen LogP contribution in [0.15, 0.2) is 54.7 Å². The maximum atomic E-state index is 13.0. The lowest BCUT2D eigenvalue weighted by atomic mass is 10.1. The largest absolute Gasteiger partial charge is 0.351 e. The minimum absolute atomic E-state index is 0.248. The molecule has 0 fully saturated rings. The fourth-order valence-electron chi connectivity index (χ4n) is 2.50. The lowest BCUT2D eigenvalue weighted by Crippen LogP contribution is -2.31. The van der Waals surface area contributed by atoms with Crippen molar-refractivity contribution in [2.24, 2.45) is 0 Å². The molecule has 0 unspecified atom stereocenters. The Kier molecular flexibility index (Phi) is 5.70. The summed E-state index contributed by atoms with van der Waals surface area (Å²) >= 11 is 0. The third-order valence-electron chi connectivity index (χ3n) is 3.86. The summed E-state index contributed by atoms with van der Waals surface area (Å²) in [5, 5.41) is 12.9. The number of benzene rings is 2. The molecule has 134 valence electrons. The van der Waals surface area contributed by atoms with Crippen molar-refractivity contribution >= 4 is 5.91 Å². The van der Waals surface area contributed by atoms with Crippen LogP contribution < -0.4 is 10.6 Å². The minimum atomic E-state index is -0.375. The first-order valence-corrected chi connectivity index (χ1v) is 8.16. The topological polar surface area (TPSA) is 69.8 Å². The van der Waals surface area contributed by atoms with Crippen LogP contribution in [0.3, 0.4) is 0 Å². The number of hydrogen-bond donors (Lipinski definition) is 3. The van der Waals surface area contributed by atoms with Gasteiger partial charge in [0.2, 0.25) is 0 Å². The molecule has 2 aromatic carbocycles. The van der Waals surface area contributed by atoms with E-state index in [0.717, 1.165) is 16.8 Å². The van der Waals surface area contributed by atoms with Gasteiger partial charge in [-0.1, -0.05) is 0 Å². The SMILES string of the molecule is O=C(NCCNCc1cn[nH]c1-c1ccc(F)cc1)c1ccc(F)cc1. The zero-order chi connectivity index (χ0) is 18.4. The van der Waals surface area contributed by atoms with Gasteiger partial charge in [-0.2, -0.15) is 5.10 Å². The average molecular weight is 356 g/mol. The van der Waals surface area contributed by atoms with Gasteiger partial charge in [-0.15, -0.1) is 0 Å². The molecule has 0 spiro atoms. The fraction of sp³-hybridized carbons (Fsp3) is 0.158. The summed E-state index contributed by atoms with van der Waals surface area (Å²) in [6.07, 6.45) is 1.71. The lowest BCUT2D eigenvalue weighted by Gasteiger charge is -2.08. The van der Waals surface area contributed by atoms with Gasteiger partial charge in [-0.05, 0) is 48.5 Å². The maximum absolute atomic E-state index is 13.0. The highest BCUT2D eigenvalue weighted by atomic mass is 19.1. The van der Waals surface area contributed by atoms with Crippen LogP contribution >= 0.6 is 0 Å². The number of carbonyl (C=O) groups excluding carboxylic acids is 1. The molecule has 7 heteroatoms. The molecule has 0 bridgehead atoms. The first-order valence-electron chi connectivity index (χ1n) is 8.16. The van der Waals surface area contributed by atoms with E-state index in [1.54, 1.807) is 18.3 Å². The van der Waals surface area contributed by atoms with Gasteiger partial charge in [0.15, 0.2) is 0 Å². The number of halogens is 2. The number of nitrogens with one attached hydrogen (secondary N) is 3. The maximum Gasteiger partial charge on any atom is 0.251 e. The molecule has 0 radical (unpaired) electrons. The molecule has 5 nitrogen and oxygen atoms in total. The van der Waals surface area contributed by atoms with E-state index in [2.05, 4.69) is 20.8 Å². The van der Waals surface area contributed by atoms with Gasteiger partial charge in [-0.25, -0.2) is 8.78 Å². The molecule has 0 aliphatic carbocycles. The van der Waals surface area contributed by atoms with Crippen molar-refractivity contribution in [3.05, 3.63) is 77.5 Å². The number of aromatic amines is 1. The Labute approximate surface area is 149 Å². The molecule has 1 amide bonds. The van der Waals surface area contributed by atoms with Crippen LogP contribution in [0.2, 0.25) is 0 Å². The first-order chi connectivity index (χ1) is 12.6. The van der Waals surface area contributed by atoms with E-state index in [1.165, 1.54) is 36.4 Å². The van der Waals surface area contributed by atoms with Crippen molar-refractivity contribution in [1.82, 2.24) is 20.8 Å². The molecule has 1 aromatic heterocycles.